The molecular formula is C11H11N3O4. The molecule has 1 aromatic rings. The van der Waals surface area contributed by atoms with E-state index in [2.05, 4.69) is 15.4 Å². The number of hydrogen-bond acceptors (Lipinski definition) is 7. The van der Waals surface area contributed by atoms with Gasteiger partial charge in [-0.3, -0.25) is 0 Å². The molecule has 0 saturated heterocycles. The Kier molecular flexibility index (Phi) is 2.58. The molecule has 94 valence electrons. The maximum absolute atomic E-state index is 11.7. The van der Waals surface area contributed by atoms with E-state index >= 15 is 0 Å². The Hall–Kier alpha value is -2.18. The van der Waals surface area contributed by atoms with Crippen LogP contribution in [0.15, 0.2) is 17.5 Å². The number of ether oxygens (including phenoxy) is 2. The molecule has 3 rings (SSSR count). The molecule has 0 fully saturated rings. The molecule has 2 atom stereocenters. The Labute approximate surface area is 103 Å². The molecule has 0 radical (unpaired) electrons. The second-order valence-electron chi connectivity index (χ2n) is 3.94. The molecule has 3 heterocycles. The van der Waals surface area contributed by atoms with Gasteiger partial charge in [-0.25, -0.2) is 4.79 Å². The van der Waals surface area contributed by atoms with Crippen molar-refractivity contribution < 1.29 is 19.1 Å². The smallest absolute Gasteiger partial charge is 0.351 e. The fourth-order valence-electron chi connectivity index (χ4n) is 2.04. The van der Waals surface area contributed by atoms with Crippen molar-refractivity contribution in [2.24, 2.45) is 11.1 Å². The van der Waals surface area contributed by atoms with Gasteiger partial charge in [-0.05, 0) is 6.92 Å². The van der Waals surface area contributed by atoms with E-state index in [1.165, 1.54) is 6.20 Å². The average Bonchev–Trinajstić information content (AvgIpc) is 2.83. The van der Waals surface area contributed by atoms with Gasteiger partial charge in [0.15, 0.2) is 0 Å². The SMILES string of the molecule is CCOC(=O)C1ON=C2c3cnncc3OCC21. The lowest BCUT2D eigenvalue weighted by molar-refractivity contribution is -0.157. The predicted octanol–water partition coefficient (Wildman–Crippen LogP) is 0.151. The molecule has 0 aromatic carbocycles. The Bertz CT molecular complexity index is 517. The molecule has 2 aliphatic heterocycles. The largest absolute Gasteiger partial charge is 0.490 e. The monoisotopic (exact) mass is 249 g/mol. The number of esters is 1. The van der Waals surface area contributed by atoms with Gasteiger partial charge in [-0.2, -0.15) is 10.2 Å². The van der Waals surface area contributed by atoms with Gasteiger partial charge in [0, 0.05) is 0 Å². The lowest BCUT2D eigenvalue weighted by Gasteiger charge is -2.23. The predicted molar refractivity (Wildman–Crippen MR) is 59.1 cm³/mol. The summed E-state index contributed by atoms with van der Waals surface area (Å²) < 4.78 is 10.5. The van der Waals surface area contributed by atoms with Crippen LogP contribution in [0.4, 0.5) is 0 Å². The second-order valence-corrected chi connectivity index (χ2v) is 3.94. The number of carbonyl (C=O) groups excluding carboxylic acids is 1. The number of fused-ring (bicyclic) bond motifs is 3. The number of nitrogens with zero attached hydrogens (tertiary/aromatic N) is 3. The third-order valence-corrected chi connectivity index (χ3v) is 2.89. The van der Waals surface area contributed by atoms with Crippen molar-refractivity contribution in [3.8, 4) is 5.75 Å². The second kappa shape index (κ2) is 4.25. The normalized spacial score (nSPS) is 24.2. The van der Waals surface area contributed by atoms with E-state index in [-0.39, 0.29) is 5.92 Å². The summed E-state index contributed by atoms with van der Waals surface area (Å²) in [4.78, 5) is 16.9. The summed E-state index contributed by atoms with van der Waals surface area (Å²) in [6.07, 6.45) is 2.34. The molecule has 2 unspecified atom stereocenters. The highest BCUT2D eigenvalue weighted by Gasteiger charge is 2.44. The first-order chi connectivity index (χ1) is 8.81. The Morgan fingerprint density at radius 1 is 1.50 bits per heavy atom. The van der Waals surface area contributed by atoms with E-state index in [4.69, 9.17) is 14.3 Å². The Morgan fingerprint density at radius 2 is 2.33 bits per heavy atom. The van der Waals surface area contributed by atoms with Gasteiger partial charge in [0.2, 0.25) is 6.10 Å². The number of oxime groups is 1. The summed E-state index contributed by atoms with van der Waals surface area (Å²) in [5.74, 6) is -0.0656. The zero-order valence-corrected chi connectivity index (χ0v) is 9.70. The van der Waals surface area contributed by atoms with Crippen LogP contribution in [0.5, 0.6) is 5.75 Å². The van der Waals surface area contributed by atoms with Crippen LogP contribution in [0, 0.1) is 5.92 Å². The molecule has 0 aliphatic carbocycles. The first-order valence-corrected chi connectivity index (χ1v) is 5.65. The molecule has 0 amide bonds. The van der Waals surface area contributed by atoms with Gasteiger partial charge in [-0.1, -0.05) is 5.16 Å². The van der Waals surface area contributed by atoms with E-state index in [1.807, 2.05) is 0 Å². The summed E-state index contributed by atoms with van der Waals surface area (Å²) in [7, 11) is 0. The quantitative estimate of drug-likeness (QED) is 0.694. The molecule has 0 saturated carbocycles. The van der Waals surface area contributed by atoms with Crippen LogP contribution in [-0.2, 0) is 14.4 Å². The highest BCUT2D eigenvalue weighted by Crippen LogP contribution is 2.32. The fourth-order valence-corrected chi connectivity index (χ4v) is 2.04. The van der Waals surface area contributed by atoms with Gasteiger partial charge in [0.1, 0.15) is 18.1 Å². The molecule has 0 spiro atoms. The molecular weight excluding hydrogens is 238 g/mol. The van der Waals surface area contributed by atoms with Gasteiger partial charge in [0.05, 0.1) is 30.5 Å². The van der Waals surface area contributed by atoms with Crippen LogP contribution in [0.3, 0.4) is 0 Å². The topological polar surface area (TPSA) is 82.9 Å². The zero-order valence-electron chi connectivity index (χ0n) is 9.70. The maximum Gasteiger partial charge on any atom is 0.351 e. The van der Waals surface area contributed by atoms with Crippen molar-refractivity contribution in [3.63, 3.8) is 0 Å². The first kappa shape index (κ1) is 10.9. The lowest BCUT2D eigenvalue weighted by Crippen LogP contribution is -2.39. The minimum atomic E-state index is -0.735. The van der Waals surface area contributed by atoms with Crippen molar-refractivity contribution in [1.82, 2.24) is 10.2 Å². The lowest BCUT2D eigenvalue weighted by atomic mass is 9.92. The van der Waals surface area contributed by atoms with Crippen LogP contribution in [0.25, 0.3) is 0 Å². The van der Waals surface area contributed by atoms with E-state index < -0.39 is 12.1 Å². The number of carbonyl (C=O) groups is 1. The summed E-state index contributed by atoms with van der Waals surface area (Å²) >= 11 is 0. The minimum absolute atomic E-state index is 0.249. The van der Waals surface area contributed by atoms with Crippen LogP contribution in [0.2, 0.25) is 0 Å². The van der Waals surface area contributed by atoms with Crippen LogP contribution >= 0.6 is 0 Å². The third-order valence-electron chi connectivity index (χ3n) is 2.89. The van der Waals surface area contributed by atoms with Crippen LogP contribution in [-0.4, -0.2) is 41.2 Å². The summed E-state index contributed by atoms with van der Waals surface area (Å²) in [6.45, 7) is 2.38. The molecule has 1 aromatic heterocycles. The van der Waals surface area contributed by atoms with Gasteiger partial charge >= 0.3 is 5.97 Å². The van der Waals surface area contributed by atoms with Crippen molar-refractivity contribution in [1.29, 1.82) is 0 Å². The number of hydrogen-bond donors (Lipinski definition) is 0. The maximum atomic E-state index is 11.7. The standard InChI is InChI=1S/C11H11N3O4/c1-2-16-11(15)10-7-5-17-8-4-13-12-3-6(8)9(7)14-18-10/h3-4,7,10H,2,5H2,1H3. The average molecular weight is 249 g/mol. The van der Waals surface area contributed by atoms with Crippen molar-refractivity contribution in [3.05, 3.63) is 18.0 Å². The molecule has 2 aliphatic rings. The fraction of sp³-hybridized carbons (Fsp3) is 0.455. The van der Waals surface area contributed by atoms with E-state index in [0.29, 0.717) is 30.2 Å². The summed E-state index contributed by atoms with van der Waals surface area (Å²) in [5.41, 5.74) is 1.39. The summed E-state index contributed by atoms with van der Waals surface area (Å²) in [5, 5.41) is 11.5. The van der Waals surface area contributed by atoms with Gasteiger partial charge in [-0.15, -0.1) is 0 Å². The van der Waals surface area contributed by atoms with E-state index in [1.54, 1.807) is 13.1 Å². The molecule has 7 heteroatoms. The molecule has 18 heavy (non-hydrogen) atoms. The van der Waals surface area contributed by atoms with Crippen molar-refractivity contribution in [2.75, 3.05) is 13.2 Å². The van der Waals surface area contributed by atoms with Gasteiger partial charge in [0.25, 0.3) is 0 Å². The van der Waals surface area contributed by atoms with E-state index in [0.717, 1.165) is 0 Å². The van der Waals surface area contributed by atoms with Crippen molar-refractivity contribution >= 4 is 11.7 Å². The number of rotatable bonds is 2. The molecule has 7 nitrogen and oxygen atoms in total. The van der Waals surface area contributed by atoms with Crippen LogP contribution < -0.4 is 4.74 Å². The Morgan fingerprint density at radius 3 is 3.17 bits per heavy atom. The molecule has 0 N–H and O–H groups in total. The first-order valence-electron chi connectivity index (χ1n) is 5.65. The minimum Gasteiger partial charge on any atom is -0.490 e. The van der Waals surface area contributed by atoms with Crippen LogP contribution in [0.1, 0.15) is 12.5 Å². The van der Waals surface area contributed by atoms with Crippen molar-refractivity contribution in [2.45, 2.75) is 13.0 Å². The third kappa shape index (κ3) is 1.59. The highest BCUT2D eigenvalue weighted by atomic mass is 16.7. The van der Waals surface area contributed by atoms with E-state index in [9.17, 15) is 4.79 Å². The highest BCUT2D eigenvalue weighted by molar-refractivity contribution is 6.07. The Balaban J connectivity index is 1.87. The number of aromatic nitrogens is 2. The molecule has 0 bridgehead atoms. The zero-order chi connectivity index (χ0) is 12.5. The summed E-state index contributed by atoms with van der Waals surface area (Å²) in [6, 6.07) is 0. The van der Waals surface area contributed by atoms with Gasteiger partial charge < -0.3 is 14.3 Å².